The molecule has 0 amide bonds. The van der Waals surface area contributed by atoms with Crippen molar-refractivity contribution in [3.63, 3.8) is 0 Å². The summed E-state index contributed by atoms with van der Waals surface area (Å²) in [7, 11) is 0. The molecule has 1 heterocycles. The number of rotatable bonds is 2. The number of pyridine rings is 1. The van der Waals surface area contributed by atoms with Crippen LogP contribution in [0, 0.1) is 0 Å². The first-order valence-electron chi connectivity index (χ1n) is 4.70. The Kier molecular flexibility index (Phi) is 2.33. The second-order valence-electron chi connectivity index (χ2n) is 3.18. The zero-order valence-electron chi connectivity index (χ0n) is 8.12. The molecule has 0 unspecified atom stereocenters. The number of fused-ring (bicyclic) bond motifs is 1. The molecule has 14 heavy (non-hydrogen) atoms. The number of nitrogen functional groups attached to an aromatic ring is 1. The Morgan fingerprint density at radius 2 is 2.14 bits per heavy atom. The molecule has 3 heteroatoms. The summed E-state index contributed by atoms with van der Waals surface area (Å²) < 4.78 is 0. The molecule has 0 atom stereocenters. The first kappa shape index (κ1) is 8.97. The molecule has 0 saturated heterocycles. The van der Waals surface area contributed by atoms with Crippen molar-refractivity contribution in [2.24, 2.45) is 5.84 Å². The number of hydrazine groups is 1. The van der Waals surface area contributed by atoms with Gasteiger partial charge in [-0.25, -0.2) is 10.8 Å². The van der Waals surface area contributed by atoms with Crippen molar-refractivity contribution in [1.29, 1.82) is 0 Å². The van der Waals surface area contributed by atoms with Crippen LogP contribution in [-0.2, 0) is 6.42 Å². The molecule has 1 aromatic carbocycles. The van der Waals surface area contributed by atoms with Crippen molar-refractivity contribution >= 4 is 16.6 Å². The Morgan fingerprint density at radius 1 is 1.36 bits per heavy atom. The summed E-state index contributed by atoms with van der Waals surface area (Å²) in [6.07, 6.45) is 0.916. The molecule has 2 rings (SSSR count). The van der Waals surface area contributed by atoms with Gasteiger partial charge < -0.3 is 5.43 Å². The van der Waals surface area contributed by atoms with Gasteiger partial charge >= 0.3 is 0 Å². The molecule has 1 aromatic heterocycles. The van der Waals surface area contributed by atoms with Gasteiger partial charge in [0.1, 0.15) is 5.82 Å². The average molecular weight is 187 g/mol. The van der Waals surface area contributed by atoms with Crippen LogP contribution in [0.25, 0.3) is 10.8 Å². The Labute approximate surface area is 82.9 Å². The highest BCUT2D eigenvalue weighted by Crippen LogP contribution is 2.21. The standard InChI is InChI=1S/C11H13N3/c1-2-9-7-8-5-3-4-6-10(8)11(13-9)14-12/h3-7H,2,12H2,1H3,(H,13,14). The Hall–Kier alpha value is -1.61. The van der Waals surface area contributed by atoms with Gasteiger partial charge in [-0.1, -0.05) is 31.2 Å². The van der Waals surface area contributed by atoms with Crippen LogP contribution in [0.1, 0.15) is 12.6 Å². The topological polar surface area (TPSA) is 50.9 Å². The van der Waals surface area contributed by atoms with E-state index < -0.39 is 0 Å². The zero-order chi connectivity index (χ0) is 9.97. The Morgan fingerprint density at radius 3 is 2.86 bits per heavy atom. The molecule has 3 nitrogen and oxygen atoms in total. The number of benzene rings is 1. The van der Waals surface area contributed by atoms with E-state index in [2.05, 4.69) is 29.5 Å². The molecule has 0 aliphatic rings. The van der Waals surface area contributed by atoms with Crippen LogP contribution in [-0.4, -0.2) is 4.98 Å². The second-order valence-corrected chi connectivity index (χ2v) is 3.18. The van der Waals surface area contributed by atoms with E-state index in [-0.39, 0.29) is 0 Å². The summed E-state index contributed by atoms with van der Waals surface area (Å²) >= 11 is 0. The fraction of sp³-hybridized carbons (Fsp3) is 0.182. The van der Waals surface area contributed by atoms with Crippen LogP contribution in [0.3, 0.4) is 0 Å². The van der Waals surface area contributed by atoms with Crippen molar-refractivity contribution in [1.82, 2.24) is 4.98 Å². The SMILES string of the molecule is CCc1cc2ccccc2c(NN)n1. The molecule has 2 aromatic rings. The number of nitrogens with two attached hydrogens (primary N) is 1. The molecule has 3 N–H and O–H groups in total. The van der Waals surface area contributed by atoms with Crippen LogP contribution >= 0.6 is 0 Å². The van der Waals surface area contributed by atoms with Gasteiger partial charge in [0.2, 0.25) is 0 Å². The number of hydrogen-bond donors (Lipinski definition) is 2. The van der Waals surface area contributed by atoms with Gasteiger partial charge in [-0.2, -0.15) is 0 Å². The summed E-state index contributed by atoms with van der Waals surface area (Å²) in [5.74, 6) is 6.18. The molecular weight excluding hydrogens is 174 g/mol. The molecule has 0 radical (unpaired) electrons. The van der Waals surface area contributed by atoms with E-state index in [1.165, 1.54) is 5.39 Å². The quantitative estimate of drug-likeness (QED) is 0.559. The number of aryl methyl sites for hydroxylation is 1. The van der Waals surface area contributed by atoms with Gasteiger partial charge in [-0.05, 0) is 17.9 Å². The van der Waals surface area contributed by atoms with E-state index in [0.29, 0.717) is 0 Å². The highest BCUT2D eigenvalue weighted by Gasteiger charge is 2.02. The fourth-order valence-electron chi connectivity index (χ4n) is 1.55. The third-order valence-corrected chi connectivity index (χ3v) is 2.29. The minimum Gasteiger partial charge on any atom is -0.308 e. The van der Waals surface area contributed by atoms with Gasteiger partial charge in [0, 0.05) is 11.1 Å². The number of hydrogen-bond acceptors (Lipinski definition) is 3. The lowest BCUT2D eigenvalue weighted by Crippen LogP contribution is -2.09. The highest BCUT2D eigenvalue weighted by molar-refractivity contribution is 5.91. The first-order valence-corrected chi connectivity index (χ1v) is 4.70. The lowest BCUT2D eigenvalue weighted by Gasteiger charge is -2.06. The maximum Gasteiger partial charge on any atom is 0.148 e. The van der Waals surface area contributed by atoms with E-state index in [9.17, 15) is 0 Å². The van der Waals surface area contributed by atoms with Crippen molar-refractivity contribution in [2.45, 2.75) is 13.3 Å². The van der Waals surface area contributed by atoms with Crippen LogP contribution in [0.5, 0.6) is 0 Å². The van der Waals surface area contributed by atoms with Crippen LogP contribution < -0.4 is 11.3 Å². The lowest BCUT2D eigenvalue weighted by molar-refractivity contribution is 1.04. The molecule has 0 fully saturated rings. The Balaban J connectivity index is 2.73. The first-order chi connectivity index (χ1) is 6.85. The van der Waals surface area contributed by atoms with Crippen molar-refractivity contribution in [3.8, 4) is 0 Å². The predicted molar refractivity (Wildman–Crippen MR) is 58.9 cm³/mol. The van der Waals surface area contributed by atoms with E-state index in [1.54, 1.807) is 0 Å². The van der Waals surface area contributed by atoms with Crippen molar-refractivity contribution in [3.05, 3.63) is 36.0 Å². The third kappa shape index (κ3) is 1.42. The summed E-state index contributed by atoms with van der Waals surface area (Å²) in [5, 5.41) is 2.24. The maximum atomic E-state index is 5.43. The van der Waals surface area contributed by atoms with Gasteiger partial charge in [0.15, 0.2) is 0 Å². The van der Waals surface area contributed by atoms with Gasteiger partial charge in [-0.15, -0.1) is 0 Å². The van der Waals surface area contributed by atoms with Crippen LogP contribution in [0.4, 0.5) is 5.82 Å². The summed E-state index contributed by atoms with van der Waals surface area (Å²) in [5.41, 5.74) is 3.69. The molecule has 0 aliphatic carbocycles. The summed E-state index contributed by atoms with van der Waals surface area (Å²) in [4.78, 5) is 4.40. The minimum atomic E-state index is 0.750. The summed E-state index contributed by atoms with van der Waals surface area (Å²) in [6, 6.07) is 10.2. The van der Waals surface area contributed by atoms with Crippen LogP contribution in [0.2, 0.25) is 0 Å². The molecule has 0 bridgehead atoms. The van der Waals surface area contributed by atoms with Gasteiger partial charge in [-0.3, -0.25) is 0 Å². The Bertz CT molecular complexity index is 451. The number of nitrogens with one attached hydrogen (secondary N) is 1. The second kappa shape index (κ2) is 3.64. The number of nitrogens with zero attached hydrogens (tertiary/aromatic N) is 1. The number of anilines is 1. The fourth-order valence-corrected chi connectivity index (χ4v) is 1.55. The molecular formula is C11H13N3. The molecule has 0 spiro atoms. The van der Waals surface area contributed by atoms with Crippen molar-refractivity contribution < 1.29 is 0 Å². The minimum absolute atomic E-state index is 0.750. The van der Waals surface area contributed by atoms with E-state index in [1.807, 2.05) is 18.2 Å². The smallest absolute Gasteiger partial charge is 0.148 e. The van der Waals surface area contributed by atoms with Crippen LogP contribution in [0.15, 0.2) is 30.3 Å². The molecule has 72 valence electrons. The van der Waals surface area contributed by atoms with E-state index in [0.717, 1.165) is 23.3 Å². The highest BCUT2D eigenvalue weighted by atomic mass is 15.2. The lowest BCUT2D eigenvalue weighted by atomic mass is 10.1. The molecule has 0 aliphatic heterocycles. The number of aromatic nitrogens is 1. The largest absolute Gasteiger partial charge is 0.308 e. The monoisotopic (exact) mass is 187 g/mol. The van der Waals surface area contributed by atoms with E-state index >= 15 is 0 Å². The van der Waals surface area contributed by atoms with Gasteiger partial charge in [0.05, 0.1) is 0 Å². The normalized spacial score (nSPS) is 10.4. The predicted octanol–water partition coefficient (Wildman–Crippen LogP) is 2.08. The molecule has 0 saturated carbocycles. The third-order valence-electron chi connectivity index (χ3n) is 2.29. The van der Waals surface area contributed by atoms with Gasteiger partial charge in [0.25, 0.3) is 0 Å². The zero-order valence-corrected chi connectivity index (χ0v) is 8.12. The summed E-state index contributed by atoms with van der Waals surface area (Å²) in [6.45, 7) is 2.08. The van der Waals surface area contributed by atoms with Crippen molar-refractivity contribution in [2.75, 3.05) is 5.43 Å². The average Bonchev–Trinajstić information content (AvgIpc) is 2.27. The maximum absolute atomic E-state index is 5.43. The van der Waals surface area contributed by atoms with E-state index in [4.69, 9.17) is 5.84 Å².